The van der Waals surface area contributed by atoms with Crippen molar-refractivity contribution in [2.24, 2.45) is 5.41 Å². The van der Waals surface area contributed by atoms with E-state index in [0.717, 1.165) is 0 Å². The van der Waals surface area contributed by atoms with E-state index in [4.69, 9.17) is 5.11 Å². The van der Waals surface area contributed by atoms with Gasteiger partial charge in [-0.25, -0.2) is 0 Å². The summed E-state index contributed by atoms with van der Waals surface area (Å²) in [4.78, 5) is 10.8. The first-order chi connectivity index (χ1) is 5.21. The predicted octanol–water partition coefficient (Wildman–Crippen LogP) is 1.98. The van der Waals surface area contributed by atoms with E-state index in [2.05, 4.69) is 6.58 Å². The number of hydrogen-bond acceptors (Lipinski definition) is 1. The molecule has 2 nitrogen and oxygen atoms in total. The molecule has 0 spiro atoms. The minimum atomic E-state index is -0.706. The lowest BCUT2D eigenvalue weighted by Gasteiger charge is -2.21. The maximum atomic E-state index is 10.8. The van der Waals surface area contributed by atoms with Crippen LogP contribution in [0.5, 0.6) is 0 Å². The normalized spacial score (nSPS) is 20.0. The highest BCUT2D eigenvalue weighted by atomic mass is 16.4. The molecule has 0 bridgehead atoms. The van der Waals surface area contributed by atoms with Gasteiger partial charge in [-0.1, -0.05) is 18.2 Å². The van der Waals surface area contributed by atoms with E-state index in [0.29, 0.717) is 19.3 Å². The van der Waals surface area contributed by atoms with Gasteiger partial charge in [0.25, 0.3) is 0 Å². The van der Waals surface area contributed by atoms with Crippen molar-refractivity contribution in [2.45, 2.75) is 19.3 Å². The quantitative estimate of drug-likeness (QED) is 0.628. The van der Waals surface area contributed by atoms with Crippen LogP contribution >= 0.6 is 0 Å². The molecule has 0 aromatic heterocycles. The van der Waals surface area contributed by atoms with Gasteiger partial charge in [-0.2, -0.15) is 0 Å². The van der Waals surface area contributed by atoms with Gasteiger partial charge in [-0.15, -0.1) is 6.58 Å². The van der Waals surface area contributed by atoms with Crippen LogP contribution in [-0.2, 0) is 4.79 Å². The van der Waals surface area contributed by atoms with Gasteiger partial charge in [0.15, 0.2) is 0 Å². The molecule has 60 valence electrons. The molecule has 0 atom stereocenters. The Balaban J connectivity index is 2.72. The highest BCUT2D eigenvalue weighted by Gasteiger charge is 2.37. The smallest absolute Gasteiger partial charge is 0.310 e. The summed E-state index contributed by atoms with van der Waals surface area (Å²) in [6.45, 7) is 3.56. The van der Waals surface area contributed by atoms with Crippen LogP contribution in [0.15, 0.2) is 24.8 Å². The topological polar surface area (TPSA) is 37.3 Å². The molecule has 0 fully saturated rings. The molecule has 1 aliphatic rings. The zero-order chi connectivity index (χ0) is 8.32. The molecule has 1 aliphatic carbocycles. The molecule has 0 saturated carbocycles. The molecule has 0 saturated heterocycles. The third-order valence-corrected chi connectivity index (χ3v) is 2.17. The Morgan fingerprint density at radius 2 is 2.18 bits per heavy atom. The second-order valence-corrected chi connectivity index (χ2v) is 2.96. The van der Waals surface area contributed by atoms with Crippen molar-refractivity contribution in [3.05, 3.63) is 24.8 Å². The lowest BCUT2D eigenvalue weighted by molar-refractivity contribution is -0.148. The Morgan fingerprint density at radius 3 is 2.55 bits per heavy atom. The molecule has 0 aromatic rings. The molecular weight excluding hydrogens is 140 g/mol. The fourth-order valence-corrected chi connectivity index (χ4v) is 1.41. The second kappa shape index (κ2) is 2.91. The van der Waals surface area contributed by atoms with E-state index in [-0.39, 0.29) is 0 Å². The van der Waals surface area contributed by atoms with Crippen LogP contribution in [0.25, 0.3) is 0 Å². The molecule has 2 heteroatoms. The van der Waals surface area contributed by atoms with Crippen molar-refractivity contribution in [2.75, 3.05) is 0 Å². The largest absolute Gasteiger partial charge is 0.481 e. The third-order valence-electron chi connectivity index (χ3n) is 2.17. The number of allylic oxidation sites excluding steroid dienone is 3. The van der Waals surface area contributed by atoms with Crippen LogP contribution in [0.3, 0.4) is 0 Å². The Kier molecular flexibility index (Phi) is 2.13. The molecule has 0 amide bonds. The highest BCUT2D eigenvalue weighted by Crippen LogP contribution is 2.37. The predicted molar refractivity (Wildman–Crippen MR) is 43.3 cm³/mol. The number of rotatable bonds is 3. The van der Waals surface area contributed by atoms with Gasteiger partial charge in [-0.05, 0) is 19.3 Å². The van der Waals surface area contributed by atoms with Gasteiger partial charge in [0.05, 0.1) is 5.41 Å². The zero-order valence-electron chi connectivity index (χ0n) is 6.42. The monoisotopic (exact) mass is 152 g/mol. The Morgan fingerprint density at radius 1 is 1.64 bits per heavy atom. The van der Waals surface area contributed by atoms with E-state index in [1.807, 2.05) is 12.2 Å². The lowest BCUT2D eigenvalue weighted by atomic mass is 9.82. The van der Waals surface area contributed by atoms with Crippen molar-refractivity contribution in [1.29, 1.82) is 0 Å². The summed E-state index contributed by atoms with van der Waals surface area (Å²) in [6, 6.07) is 0. The number of carboxylic acid groups (broad SMARTS) is 1. The average molecular weight is 152 g/mol. The third kappa shape index (κ3) is 1.34. The van der Waals surface area contributed by atoms with Crippen LogP contribution in [0.2, 0.25) is 0 Å². The van der Waals surface area contributed by atoms with Gasteiger partial charge in [0, 0.05) is 0 Å². The van der Waals surface area contributed by atoms with Gasteiger partial charge in [-0.3, -0.25) is 4.79 Å². The summed E-state index contributed by atoms with van der Waals surface area (Å²) in [6.07, 6.45) is 7.40. The summed E-state index contributed by atoms with van der Waals surface area (Å²) < 4.78 is 0. The number of carbonyl (C=O) groups is 1. The number of carboxylic acids is 1. The second-order valence-electron chi connectivity index (χ2n) is 2.96. The summed E-state index contributed by atoms with van der Waals surface area (Å²) in [5, 5.41) is 8.91. The minimum absolute atomic E-state index is 0.565. The fraction of sp³-hybridized carbons (Fsp3) is 0.444. The molecule has 0 radical (unpaired) electrons. The van der Waals surface area contributed by atoms with E-state index >= 15 is 0 Å². The van der Waals surface area contributed by atoms with Gasteiger partial charge >= 0.3 is 5.97 Å². The van der Waals surface area contributed by atoms with Crippen LogP contribution < -0.4 is 0 Å². The fourth-order valence-electron chi connectivity index (χ4n) is 1.41. The first-order valence-electron chi connectivity index (χ1n) is 3.70. The molecular formula is C9H12O2. The minimum Gasteiger partial charge on any atom is -0.481 e. The standard InChI is InChI=1S/C9H12O2/c1-2-5-9(8(10)11)6-3-4-7-9/h2-4H,1,5-7H2,(H,10,11). The summed E-state index contributed by atoms with van der Waals surface area (Å²) >= 11 is 0. The summed E-state index contributed by atoms with van der Waals surface area (Å²) in [5.74, 6) is -0.706. The Labute approximate surface area is 66.2 Å². The van der Waals surface area contributed by atoms with E-state index < -0.39 is 11.4 Å². The summed E-state index contributed by atoms with van der Waals surface area (Å²) in [7, 11) is 0. The number of hydrogen-bond donors (Lipinski definition) is 1. The molecule has 0 aromatic carbocycles. The summed E-state index contributed by atoms with van der Waals surface area (Å²) in [5.41, 5.74) is -0.568. The first kappa shape index (κ1) is 8.05. The van der Waals surface area contributed by atoms with E-state index in [9.17, 15) is 4.79 Å². The van der Waals surface area contributed by atoms with Gasteiger partial charge in [0.1, 0.15) is 0 Å². The van der Waals surface area contributed by atoms with Gasteiger partial charge in [0.2, 0.25) is 0 Å². The van der Waals surface area contributed by atoms with Crippen LogP contribution in [0, 0.1) is 5.41 Å². The van der Waals surface area contributed by atoms with E-state index in [1.54, 1.807) is 6.08 Å². The lowest BCUT2D eigenvalue weighted by Crippen LogP contribution is -2.27. The SMILES string of the molecule is C=CCC1(C(=O)O)CC=CC1. The zero-order valence-corrected chi connectivity index (χ0v) is 6.42. The average Bonchev–Trinajstić information content (AvgIpc) is 2.38. The molecule has 0 unspecified atom stereocenters. The van der Waals surface area contributed by atoms with Crippen molar-refractivity contribution < 1.29 is 9.90 Å². The molecule has 0 aliphatic heterocycles. The van der Waals surface area contributed by atoms with Crippen molar-refractivity contribution in [1.82, 2.24) is 0 Å². The van der Waals surface area contributed by atoms with Crippen molar-refractivity contribution in [3.8, 4) is 0 Å². The first-order valence-corrected chi connectivity index (χ1v) is 3.70. The highest BCUT2D eigenvalue weighted by molar-refractivity contribution is 5.76. The van der Waals surface area contributed by atoms with Crippen LogP contribution in [0.4, 0.5) is 0 Å². The van der Waals surface area contributed by atoms with Crippen molar-refractivity contribution >= 4 is 5.97 Å². The Hall–Kier alpha value is -1.05. The van der Waals surface area contributed by atoms with Crippen LogP contribution in [-0.4, -0.2) is 11.1 Å². The molecule has 1 rings (SSSR count). The maximum Gasteiger partial charge on any atom is 0.310 e. The van der Waals surface area contributed by atoms with E-state index in [1.165, 1.54) is 0 Å². The molecule has 0 heterocycles. The van der Waals surface area contributed by atoms with Crippen molar-refractivity contribution in [3.63, 3.8) is 0 Å². The molecule has 11 heavy (non-hydrogen) atoms. The molecule has 1 N–H and O–H groups in total. The number of aliphatic carboxylic acids is 1. The maximum absolute atomic E-state index is 10.8. The Bertz CT molecular complexity index is 196. The van der Waals surface area contributed by atoms with Gasteiger partial charge < -0.3 is 5.11 Å². The van der Waals surface area contributed by atoms with Crippen LogP contribution in [0.1, 0.15) is 19.3 Å².